The van der Waals surface area contributed by atoms with E-state index in [1.807, 2.05) is 50.2 Å². The fourth-order valence-electron chi connectivity index (χ4n) is 3.50. The number of nitrogens with one attached hydrogen (secondary N) is 1. The first-order chi connectivity index (χ1) is 14.6. The Morgan fingerprint density at radius 3 is 2.03 bits per heavy atom. The topological polar surface area (TPSA) is 102 Å². The van der Waals surface area contributed by atoms with Gasteiger partial charge in [0.1, 0.15) is 5.76 Å². The van der Waals surface area contributed by atoms with Crippen molar-refractivity contribution in [1.82, 2.24) is 5.32 Å². The highest BCUT2D eigenvalue weighted by atomic mass is 32.2. The maximum absolute atomic E-state index is 12.0. The number of sulfone groups is 1. The average molecular weight is 441 g/mol. The highest BCUT2D eigenvalue weighted by molar-refractivity contribution is 7.90. The van der Waals surface area contributed by atoms with Crippen LogP contribution in [0.2, 0.25) is 0 Å². The van der Waals surface area contributed by atoms with Crippen molar-refractivity contribution in [3.63, 3.8) is 0 Å². The zero-order valence-electron chi connectivity index (χ0n) is 17.9. The second-order valence-corrected chi connectivity index (χ2v) is 10.1. The molecule has 0 aliphatic rings. The summed E-state index contributed by atoms with van der Waals surface area (Å²) in [6.45, 7) is 4.09. The molecule has 3 N–H and O–H groups in total. The van der Waals surface area contributed by atoms with Crippen LogP contribution in [-0.2, 0) is 14.6 Å². The van der Waals surface area contributed by atoms with Crippen LogP contribution >= 0.6 is 0 Å². The Bertz CT molecular complexity index is 1100. The van der Waals surface area contributed by atoms with Crippen molar-refractivity contribution in [1.29, 1.82) is 0 Å². The summed E-state index contributed by atoms with van der Waals surface area (Å²) < 4.78 is 29.0. The van der Waals surface area contributed by atoms with E-state index in [1.54, 1.807) is 30.5 Å². The van der Waals surface area contributed by atoms with E-state index in [1.165, 1.54) is 6.26 Å². The lowest BCUT2D eigenvalue weighted by Gasteiger charge is -2.24. The van der Waals surface area contributed by atoms with Gasteiger partial charge in [0.15, 0.2) is 9.84 Å². The molecule has 3 rings (SSSR count). The first kappa shape index (κ1) is 22.8. The Kier molecular flexibility index (Phi) is 6.97. The van der Waals surface area contributed by atoms with Crippen LogP contribution in [0.25, 0.3) is 11.1 Å². The van der Waals surface area contributed by atoms with E-state index in [0.717, 1.165) is 16.7 Å². The van der Waals surface area contributed by atoms with Gasteiger partial charge in [-0.05, 0) is 53.3 Å². The van der Waals surface area contributed by atoms with Crippen LogP contribution < -0.4 is 11.1 Å². The van der Waals surface area contributed by atoms with Crippen LogP contribution in [0.5, 0.6) is 0 Å². The number of primary amides is 1. The van der Waals surface area contributed by atoms with Gasteiger partial charge in [-0.3, -0.25) is 10.1 Å². The summed E-state index contributed by atoms with van der Waals surface area (Å²) in [7, 11) is -3.23. The van der Waals surface area contributed by atoms with E-state index >= 15 is 0 Å². The Balaban J connectivity index is 1.88. The molecule has 0 aliphatic heterocycles. The van der Waals surface area contributed by atoms with Gasteiger partial charge in [0.05, 0.1) is 23.2 Å². The molecule has 0 aliphatic carbocycles. The molecule has 31 heavy (non-hydrogen) atoms. The Hall–Kier alpha value is -2.90. The fraction of sp³-hybridized carbons (Fsp3) is 0.292. The van der Waals surface area contributed by atoms with E-state index in [2.05, 4.69) is 5.32 Å². The first-order valence-electron chi connectivity index (χ1n) is 10.1. The van der Waals surface area contributed by atoms with E-state index in [0.29, 0.717) is 18.1 Å². The second kappa shape index (κ2) is 9.49. The van der Waals surface area contributed by atoms with Gasteiger partial charge < -0.3 is 10.2 Å². The molecule has 1 amide bonds. The molecule has 2 aromatic carbocycles. The molecule has 0 saturated carbocycles. The van der Waals surface area contributed by atoms with Crippen molar-refractivity contribution in [2.24, 2.45) is 11.7 Å². The maximum atomic E-state index is 12.0. The zero-order valence-corrected chi connectivity index (χ0v) is 18.7. The minimum Gasteiger partial charge on any atom is -0.467 e. The van der Waals surface area contributed by atoms with Gasteiger partial charge in [-0.25, -0.2) is 8.42 Å². The van der Waals surface area contributed by atoms with Crippen LogP contribution in [0, 0.1) is 5.92 Å². The third-order valence-corrected chi connectivity index (χ3v) is 6.23. The molecule has 0 unspecified atom stereocenters. The molecule has 0 spiro atoms. The monoisotopic (exact) mass is 440 g/mol. The summed E-state index contributed by atoms with van der Waals surface area (Å²) in [5, 5.41) is 3.35. The van der Waals surface area contributed by atoms with Crippen LogP contribution in [0.15, 0.2) is 76.2 Å². The van der Waals surface area contributed by atoms with Gasteiger partial charge in [-0.15, -0.1) is 0 Å². The van der Waals surface area contributed by atoms with Crippen LogP contribution in [0.4, 0.5) is 0 Å². The summed E-state index contributed by atoms with van der Waals surface area (Å²) in [5.74, 6) is 0.604. The number of nitrogens with two attached hydrogens (primary N) is 1. The SMILES string of the molecule is CC(C)C[C@H](N[C@@H](c1ccc(-c2ccc(S(C)(=O)=O)cc2)cc1)c1ccco1)C(N)=O. The predicted octanol–water partition coefficient (Wildman–Crippen LogP) is 3.93. The Labute approximate surface area is 183 Å². The Morgan fingerprint density at radius 1 is 1.00 bits per heavy atom. The summed E-state index contributed by atoms with van der Waals surface area (Å²) in [5.41, 5.74) is 8.43. The molecule has 0 saturated heterocycles. The Morgan fingerprint density at radius 2 is 1.58 bits per heavy atom. The molecule has 0 radical (unpaired) electrons. The van der Waals surface area contributed by atoms with Gasteiger partial charge in [0.2, 0.25) is 5.91 Å². The normalized spacial score (nSPS) is 13.8. The maximum Gasteiger partial charge on any atom is 0.234 e. The van der Waals surface area contributed by atoms with Crippen molar-refractivity contribution < 1.29 is 17.6 Å². The van der Waals surface area contributed by atoms with Crippen molar-refractivity contribution in [2.45, 2.75) is 37.2 Å². The minimum atomic E-state index is -3.23. The summed E-state index contributed by atoms with van der Waals surface area (Å²) in [6.07, 6.45) is 3.41. The van der Waals surface area contributed by atoms with Gasteiger partial charge in [0.25, 0.3) is 0 Å². The van der Waals surface area contributed by atoms with Gasteiger partial charge >= 0.3 is 0 Å². The highest BCUT2D eigenvalue weighted by Gasteiger charge is 2.25. The molecular formula is C24H28N2O4S. The molecule has 0 fully saturated rings. The lowest BCUT2D eigenvalue weighted by molar-refractivity contribution is -0.120. The average Bonchev–Trinajstić information content (AvgIpc) is 3.25. The number of benzene rings is 2. The first-order valence-corrected chi connectivity index (χ1v) is 12.0. The number of hydrogen-bond acceptors (Lipinski definition) is 5. The number of carbonyl (C=O) groups excluding carboxylic acids is 1. The highest BCUT2D eigenvalue weighted by Crippen LogP contribution is 2.28. The standard InChI is InChI=1S/C24H28N2O4S/c1-16(2)15-21(24(25)27)26-23(22-5-4-14-30-22)19-8-6-17(7-9-19)18-10-12-20(13-11-18)31(3,28)29/h4-14,16,21,23,26H,15H2,1-3H3,(H2,25,27)/t21-,23-/m0/s1. The van der Waals surface area contributed by atoms with Crippen molar-refractivity contribution in [2.75, 3.05) is 6.26 Å². The quantitative estimate of drug-likeness (QED) is 0.525. The summed E-state index contributed by atoms with van der Waals surface area (Å²) >= 11 is 0. The third-order valence-electron chi connectivity index (χ3n) is 5.11. The second-order valence-electron chi connectivity index (χ2n) is 8.12. The van der Waals surface area contributed by atoms with Gasteiger partial charge in [0, 0.05) is 6.26 Å². The summed E-state index contributed by atoms with van der Waals surface area (Å²) in [4.78, 5) is 12.3. The number of furan rings is 1. The lowest BCUT2D eigenvalue weighted by Crippen LogP contribution is -2.44. The van der Waals surface area contributed by atoms with E-state index in [-0.39, 0.29) is 10.9 Å². The van der Waals surface area contributed by atoms with Gasteiger partial charge in [-0.2, -0.15) is 0 Å². The van der Waals surface area contributed by atoms with E-state index in [9.17, 15) is 13.2 Å². The zero-order chi connectivity index (χ0) is 22.6. The van der Waals surface area contributed by atoms with Crippen LogP contribution in [0.1, 0.15) is 37.6 Å². The molecule has 1 heterocycles. The van der Waals surface area contributed by atoms with E-state index in [4.69, 9.17) is 10.2 Å². The molecular weight excluding hydrogens is 412 g/mol. The predicted molar refractivity (Wildman–Crippen MR) is 121 cm³/mol. The van der Waals surface area contributed by atoms with Crippen LogP contribution in [0.3, 0.4) is 0 Å². The van der Waals surface area contributed by atoms with Crippen molar-refractivity contribution >= 4 is 15.7 Å². The van der Waals surface area contributed by atoms with Crippen molar-refractivity contribution in [3.8, 4) is 11.1 Å². The number of hydrogen-bond donors (Lipinski definition) is 2. The lowest BCUT2D eigenvalue weighted by atomic mass is 9.97. The molecule has 6 nitrogen and oxygen atoms in total. The number of carbonyl (C=O) groups is 1. The number of rotatable bonds is 9. The van der Waals surface area contributed by atoms with E-state index < -0.39 is 21.8 Å². The van der Waals surface area contributed by atoms with Crippen molar-refractivity contribution in [3.05, 3.63) is 78.3 Å². The van der Waals surface area contributed by atoms with Gasteiger partial charge in [-0.1, -0.05) is 50.2 Å². The molecule has 0 bridgehead atoms. The summed E-state index contributed by atoms with van der Waals surface area (Å²) in [6, 6.07) is 17.5. The van der Waals surface area contributed by atoms with Crippen LogP contribution in [-0.4, -0.2) is 26.6 Å². The molecule has 3 aromatic rings. The fourth-order valence-corrected chi connectivity index (χ4v) is 4.13. The smallest absolute Gasteiger partial charge is 0.234 e. The molecule has 164 valence electrons. The molecule has 7 heteroatoms. The largest absolute Gasteiger partial charge is 0.467 e. The molecule has 2 atom stereocenters. The number of amides is 1. The molecule has 1 aromatic heterocycles. The third kappa shape index (κ3) is 5.83. The minimum absolute atomic E-state index is 0.289.